The number of methoxy groups -OCH3 is 3. The van der Waals surface area contributed by atoms with E-state index in [9.17, 15) is 4.79 Å². The Hall–Kier alpha value is -3.48. The Labute approximate surface area is 181 Å². The summed E-state index contributed by atoms with van der Waals surface area (Å²) in [6.45, 7) is 2.15. The molecular formula is C24H27N3O4. The molecule has 7 nitrogen and oxygen atoms in total. The number of hydrogen-bond donors (Lipinski definition) is 1. The summed E-state index contributed by atoms with van der Waals surface area (Å²) >= 11 is 0. The molecule has 162 valence electrons. The summed E-state index contributed by atoms with van der Waals surface area (Å²) in [5, 5.41) is 3.97. The molecule has 1 saturated heterocycles. The van der Waals surface area contributed by atoms with E-state index in [0.717, 1.165) is 48.2 Å². The molecule has 1 amide bonds. The van der Waals surface area contributed by atoms with Crippen LogP contribution >= 0.6 is 0 Å². The van der Waals surface area contributed by atoms with E-state index < -0.39 is 0 Å². The van der Waals surface area contributed by atoms with Crippen molar-refractivity contribution < 1.29 is 19.0 Å². The average Bonchev–Trinajstić information content (AvgIpc) is 3.35. The van der Waals surface area contributed by atoms with Gasteiger partial charge in [-0.15, -0.1) is 0 Å². The van der Waals surface area contributed by atoms with Gasteiger partial charge in [0.1, 0.15) is 5.82 Å². The number of carbonyl (C=O) groups is 1. The third kappa shape index (κ3) is 4.21. The summed E-state index contributed by atoms with van der Waals surface area (Å²) in [5.74, 6) is 2.22. The van der Waals surface area contributed by atoms with Crippen LogP contribution in [0, 0.1) is 0 Å². The van der Waals surface area contributed by atoms with E-state index in [2.05, 4.69) is 10.2 Å². The number of rotatable bonds is 7. The molecule has 1 aliphatic rings. The minimum atomic E-state index is -0.158. The summed E-state index contributed by atoms with van der Waals surface area (Å²) in [6, 6.07) is 13.5. The molecule has 0 bridgehead atoms. The molecule has 3 aromatic rings. The number of aromatic nitrogens is 1. The second-order valence-corrected chi connectivity index (χ2v) is 7.46. The minimum absolute atomic E-state index is 0.158. The number of amides is 1. The molecule has 0 aliphatic carbocycles. The molecule has 0 unspecified atom stereocenters. The van der Waals surface area contributed by atoms with Gasteiger partial charge in [0, 0.05) is 25.0 Å². The van der Waals surface area contributed by atoms with Gasteiger partial charge in [-0.05, 0) is 42.7 Å². The van der Waals surface area contributed by atoms with E-state index in [-0.39, 0.29) is 5.91 Å². The van der Waals surface area contributed by atoms with Gasteiger partial charge in [0.15, 0.2) is 11.5 Å². The smallest absolute Gasteiger partial charge is 0.255 e. The molecule has 1 fully saturated rings. The molecule has 7 heteroatoms. The molecule has 0 saturated carbocycles. The molecule has 0 radical (unpaired) electrons. The molecule has 0 spiro atoms. The zero-order valence-corrected chi connectivity index (χ0v) is 18.1. The summed E-state index contributed by atoms with van der Waals surface area (Å²) < 4.78 is 16.2. The lowest BCUT2D eigenvalue weighted by molar-refractivity contribution is 0.0951. The van der Waals surface area contributed by atoms with Crippen molar-refractivity contribution in [1.82, 2.24) is 10.3 Å². The van der Waals surface area contributed by atoms with E-state index in [0.29, 0.717) is 29.4 Å². The van der Waals surface area contributed by atoms with Crippen molar-refractivity contribution in [3.8, 4) is 17.2 Å². The van der Waals surface area contributed by atoms with Crippen molar-refractivity contribution >= 4 is 22.6 Å². The SMILES string of the molecule is COc1cc(CNC(=O)c2cc3ccccc3nc2N2CCCC2)cc(OC)c1OC. The third-order valence-corrected chi connectivity index (χ3v) is 5.53. The fourth-order valence-electron chi connectivity index (χ4n) is 3.96. The van der Waals surface area contributed by atoms with Gasteiger partial charge in [-0.3, -0.25) is 4.79 Å². The Morgan fingerprint density at radius 3 is 2.32 bits per heavy atom. The van der Waals surface area contributed by atoms with Gasteiger partial charge in [-0.25, -0.2) is 4.98 Å². The molecular weight excluding hydrogens is 394 g/mol. The lowest BCUT2D eigenvalue weighted by Crippen LogP contribution is -2.28. The highest BCUT2D eigenvalue weighted by atomic mass is 16.5. The molecule has 2 aromatic carbocycles. The number of pyridine rings is 1. The topological polar surface area (TPSA) is 72.9 Å². The predicted molar refractivity (Wildman–Crippen MR) is 120 cm³/mol. The second-order valence-electron chi connectivity index (χ2n) is 7.46. The summed E-state index contributed by atoms with van der Waals surface area (Å²) in [5.41, 5.74) is 2.33. The molecule has 1 N–H and O–H groups in total. The van der Waals surface area contributed by atoms with E-state index in [1.807, 2.05) is 42.5 Å². The number of nitrogens with one attached hydrogen (secondary N) is 1. The number of nitrogens with zero attached hydrogens (tertiary/aromatic N) is 2. The van der Waals surface area contributed by atoms with Crippen LogP contribution in [0.1, 0.15) is 28.8 Å². The van der Waals surface area contributed by atoms with Crippen LogP contribution in [0.3, 0.4) is 0 Å². The number of carbonyl (C=O) groups excluding carboxylic acids is 1. The summed E-state index contributed by atoms with van der Waals surface area (Å²) in [6.07, 6.45) is 2.22. The van der Waals surface area contributed by atoms with Crippen LogP contribution in [-0.2, 0) is 6.54 Å². The molecule has 31 heavy (non-hydrogen) atoms. The standard InChI is InChI=1S/C24H27N3O4/c1-29-20-12-16(13-21(30-2)22(20)31-3)15-25-24(28)18-14-17-8-4-5-9-19(17)26-23(18)27-10-6-7-11-27/h4-5,8-9,12-14H,6-7,10-11,15H2,1-3H3,(H,25,28). The molecule has 4 rings (SSSR count). The van der Waals surface area contributed by atoms with E-state index in [1.54, 1.807) is 21.3 Å². The van der Waals surface area contributed by atoms with E-state index >= 15 is 0 Å². The van der Waals surface area contributed by atoms with Crippen molar-refractivity contribution in [1.29, 1.82) is 0 Å². The van der Waals surface area contributed by atoms with Crippen molar-refractivity contribution in [2.75, 3.05) is 39.3 Å². The number of fused-ring (bicyclic) bond motifs is 1. The van der Waals surface area contributed by atoms with Crippen LogP contribution in [0.15, 0.2) is 42.5 Å². The van der Waals surface area contributed by atoms with Crippen LogP contribution in [0.25, 0.3) is 10.9 Å². The van der Waals surface area contributed by atoms with Crippen LogP contribution in [0.5, 0.6) is 17.2 Å². The highest BCUT2D eigenvalue weighted by molar-refractivity contribution is 6.02. The molecule has 1 aliphatic heterocycles. The maximum absolute atomic E-state index is 13.2. The van der Waals surface area contributed by atoms with Gasteiger partial charge < -0.3 is 24.4 Å². The Bertz CT molecular complexity index is 1070. The summed E-state index contributed by atoms with van der Waals surface area (Å²) in [7, 11) is 4.71. The lowest BCUT2D eigenvalue weighted by atomic mass is 10.1. The number of ether oxygens (including phenoxy) is 3. The fourth-order valence-corrected chi connectivity index (χ4v) is 3.96. The van der Waals surface area contributed by atoms with Crippen molar-refractivity contribution in [2.45, 2.75) is 19.4 Å². The minimum Gasteiger partial charge on any atom is -0.493 e. The predicted octanol–water partition coefficient (Wildman–Crippen LogP) is 3.79. The fraction of sp³-hybridized carbons (Fsp3) is 0.333. The van der Waals surface area contributed by atoms with Gasteiger partial charge in [0.2, 0.25) is 5.75 Å². The zero-order chi connectivity index (χ0) is 21.8. The van der Waals surface area contributed by atoms with Crippen LogP contribution in [0.2, 0.25) is 0 Å². The average molecular weight is 421 g/mol. The highest BCUT2D eigenvalue weighted by Gasteiger charge is 2.22. The third-order valence-electron chi connectivity index (χ3n) is 5.53. The quantitative estimate of drug-likeness (QED) is 0.626. The molecule has 0 atom stereocenters. The van der Waals surface area contributed by atoms with Crippen molar-refractivity contribution in [3.63, 3.8) is 0 Å². The van der Waals surface area contributed by atoms with Gasteiger partial charge in [0.05, 0.1) is 32.4 Å². The van der Waals surface area contributed by atoms with E-state index in [1.165, 1.54) is 0 Å². The normalized spacial score (nSPS) is 13.3. The van der Waals surface area contributed by atoms with Gasteiger partial charge in [-0.1, -0.05) is 18.2 Å². The van der Waals surface area contributed by atoms with Crippen LogP contribution < -0.4 is 24.4 Å². The molecule has 2 heterocycles. The second kappa shape index (κ2) is 9.12. The molecule has 1 aromatic heterocycles. The Morgan fingerprint density at radius 1 is 1.00 bits per heavy atom. The number of hydrogen-bond acceptors (Lipinski definition) is 6. The Morgan fingerprint density at radius 2 is 1.68 bits per heavy atom. The number of para-hydroxylation sites is 1. The Kier molecular flexibility index (Phi) is 6.11. The van der Waals surface area contributed by atoms with Crippen molar-refractivity contribution in [3.05, 3.63) is 53.6 Å². The lowest BCUT2D eigenvalue weighted by Gasteiger charge is -2.20. The van der Waals surface area contributed by atoms with Crippen LogP contribution in [-0.4, -0.2) is 45.3 Å². The highest BCUT2D eigenvalue weighted by Crippen LogP contribution is 2.38. The Balaban J connectivity index is 1.62. The number of anilines is 1. The summed E-state index contributed by atoms with van der Waals surface area (Å²) in [4.78, 5) is 20.2. The zero-order valence-electron chi connectivity index (χ0n) is 18.1. The largest absolute Gasteiger partial charge is 0.493 e. The number of benzene rings is 2. The monoisotopic (exact) mass is 421 g/mol. The maximum Gasteiger partial charge on any atom is 0.255 e. The first-order valence-electron chi connectivity index (χ1n) is 10.4. The van der Waals surface area contributed by atoms with Crippen LogP contribution in [0.4, 0.5) is 5.82 Å². The first-order chi connectivity index (χ1) is 15.1. The maximum atomic E-state index is 13.2. The van der Waals surface area contributed by atoms with Gasteiger partial charge in [0.25, 0.3) is 5.91 Å². The first kappa shape index (κ1) is 20.8. The van der Waals surface area contributed by atoms with E-state index in [4.69, 9.17) is 19.2 Å². The first-order valence-corrected chi connectivity index (χ1v) is 10.4. The van der Waals surface area contributed by atoms with Gasteiger partial charge in [-0.2, -0.15) is 0 Å². The van der Waals surface area contributed by atoms with Crippen molar-refractivity contribution in [2.24, 2.45) is 0 Å². The van der Waals surface area contributed by atoms with Gasteiger partial charge >= 0.3 is 0 Å².